The van der Waals surface area contributed by atoms with Crippen molar-refractivity contribution in [1.29, 1.82) is 0 Å². The monoisotopic (exact) mass is 1070 g/mol. The van der Waals surface area contributed by atoms with Crippen LogP contribution in [0.25, 0.3) is 0 Å². The summed E-state index contributed by atoms with van der Waals surface area (Å²) in [6.07, 6.45) is 80.7. The maximum atomic E-state index is 12.8. The first kappa shape index (κ1) is 73.6. The Morgan fingerprint density at radius 3 is 0.737 bits per heavy atom. The van der Waals surface area contributed by atoms with Crippen LogP contribution in [0, 0.1) is 0 Å². The Hall–Kier alpha value is -2.37. The van der Waals surface area contributed by atoms with Crippen molar-refractivity contribution in [1.82, 2.24) is 0 Å². The first-order chi connectivity index (χ1) is 37.5. The molecule has 0 rings (SSSR count). The molecule has 0 amide bonds. The van der Waals surface area contributed by atoms with Gasteiger partial charge in [0.05, 0.1) is 0 Å². The molecular formula is C70H130O6. The Kier molecular flexibility index (Phi) is 63.1. The van der Waals surface area contributed by atoms with Gasteiger partial charge in [0.2, 0.25) is 0 Å². The second kappa shape index (κ2) is 65.2. The topological polar surface area (TPSA) is 78.9 Å². The van der Waals surface area contributed by atoms with Crippen molar-refractivity contribution < 1.29 is 28.6 Å². The van der Waals surface area contributed by atoms with Gasteiger partial charge in [0.1, 0.15) is 13.2 Å². The van der Waals surface area contributed by atoms with E-state index in [0.717, 1.165) is 64.2 Å². The Bertz CT molecular complexity index is 1270. The Morgan fingerprint density at radius 1 is 0.263 bits per heavy atom. The van der Waals surface area contributed by atoms with Gasteiger partial charge in [-0.3, -0.25) is 14.4 Å². The smallest absolute Gasteiger partial charge is 0.306 e. The van der Waals surface area contributed by atoms with Crippen LogP contribution in [0.5, 0.6) is 0 Å². The highest BCUT2D eigenvalue weighted by Crippen LogP contribution is 2.18. The van der Waals surface area contributed by atoms with Crippen LogP contribution in [-0.4, -0.2) is 37.2 Å². The molecule has 0 saturated heterocycles. The first-order valence-electron chi connectivity index (χ1n) is 34.0. The number of esters is 3. The molecule has 6 heteroatoms. The summed E-state index contributed by atoms with van der Waals surface area (Å²) in [4.78, 5) is 38.0. The van der Waals surface area contributed by atoms with Gasteiger partial charge in [-0.2, -0.15) is 0 Å². The van der Waals surface area contributed by atoms with Gasteiger partial charge in [0, 0.05) is 19.3 Å². The molecule has 0 aliphatic carbocycles. The minimum Gasteiger partial charge on any atom is -0.462 e. The van der Waals surface area contributed by atoms with Crippen molar-refractivity contribution in [3.63, 3.8) is 0 Å². The fraction of sp³-hybridized carbons (Fsp3) is 0.871. The predicted molar refractivity (Wildman–Crippen MR) is 330 cm³/mol. The maximum absolute atomic E-state index is 12.8. The van der Waals surface area contributed by atoms with E-state index in [2.05, 4.69) is 57.2 Å². The quantitative estimate of drug-likeness (QED) is 0.0261. The van der Waals surface area contributed by atoms with Gasteiger partial charge in [0.15, 0.2) is 6.10 Å². The lowest BCUT2D eigenvalue weighted by atomic mass is 10.0. The molecular weight excluding hydrogens is 937 g/mol. The number of rotatable bonds is 63. The highest BCUT2D eigenvalue weighted by molar-refractivity contribution is 5.71. The highest BCUT2D eigenvalue weighted by atomic mass is 16.6. The minimum atomic E-state index is -0.769. The number of carbonyl (C=O) groups is 3. The molecule has 0 aliphatic heterocycles. The third-order valence-corrected chi connectivity index (χ3v) is 15.4. The summed E-state index contributed by atoms with van der Waals surface area (Å²) in [7, 11) is 0. The van der Waals surface area contributed by atoms with Gasteiger partial charge >= 0.3 is 17.9 Å². The van der Waals surface area contributed by atoms with Gasteiger partial charge in [-0.05, 0) is 77.0 Å². The number of carbonyl (C=O) groups excluding carboxylic acids is 3. The van der Waals surface area contributed by atoms with Crippen LogP contribution in [0.1, 0.15) is 374 Å². The van der Waals surface area contributed by atoms with Crippen LogP contribution in [0.2, 0.25) is 0 Å². The number of ether oxygens (including phenoxy) is 3. The van der Waals surface area contributed by atoms with Crippen molar-refractivity contribution >= 4 is 17.9 Å². The summed E-state index contributed by atoms with van der Waals surface area (Å²) < 4.78 is 16.8. The van der Waals surface area contributed by atoms with Gasteiger partial charge in [-0.1, -0.05) is 314 Å². The van der Waals surface area contributed by atoms with Crippen molar-refractivity contribution in [3.05, 3.63) is 36.5 Å². The fourth-order valence-corrected chi connectivity index (χ4v) is 10.2. The molecule has 0 bridgehead atoms. The fourth-order valence-electron chi connectivity index (χ4n) is 10.2. The van der Waals surface area contributed by atoms with E-state index >= 15 is 0 Å². The molecule has 0 aromatic rings. The van der Waals surface area contributed by atoms with E-state index in [-0.39, 0.29) is 31.1 Å². The summed E-state index contributed by atoms with van der Waals surface area (Å²) in [5, 5.41) is 0. The van der Waals surface area contributed by atoms with Crippen LogP contribution < -0.4 is 0 Å². The van der Waals surface area contributed by atoms with E-state index < -0.39 is 6.10 Å². The summed E-state index contributed by atoms with van der Waals surface area (Å²) in [6.45, 7) is 6.62. The first-order valence-corrected chi connectivity index (χ1v) is 34.0. The molecule has 0 aromatic carbocycles. The lowest BCUT2D eigenvalue weighted by Crippen LogP contribution is -2.30. The molecule has 1 unspecified atom stereocenters. The van der Waals surface area contributed by atoms with Gasteiger partial charge in [0.25, 0.3) is 0 Å². The zero-order chi connectivity index (χ0) is 55.0. The standard InChI is InChI=1S/C70H130O6/c1-4-7-10-13-16-18-20-22-24-26-28-30-31-32-33-34-35-36-37-38-39-41-42-44-46-48-50-52-54-57-60-63-69(72)75-66-67(65-74-68(71)62-59-56-15-12-9-6-3)76-70(73)64-61-58-55-53-51-49-47-45-43-40-29-27-25-23-21-19-17-14-11-8-5-2/h21,23,26-29,67H,4-20,22,24-25,30-66H2,1-3H3/b23-21-,28-26-,29-27-. The summed E-state index contributed by atoms with van der Waals surface area (Å²) in [5.74, 6) is -0.862. The zero-order valence-corrected chi connectivity index (χ0v) is 51.3. The Labute approximate surface area is 474 Å². The lowest BCUT2D eigenvalue weighted by Gasteiger charge is -2.18. The average Bonchev–Trinajstić information content (AvgIpc) is 3.42. The predicted octanol–water partition coefficient (Wildman–Crippen LogP) is 23.2. The average molecular weight is 1070 g/mol. The van der Waals surface area contributed by atoms with Crippen LogP contribution in [-0.2, 0) is 28.6 Å². The maximum Gasteiger partial charge on any atom is 0.306 e. The van der Waals surface area contributed by atoms with E-state index in [0.29, 0.717) is 19.3 Å². The van der Waals surface area contributed by atoms with E-state index in [1.165, 1.54) is 270 Å². The molecule has 0 saturated carbocycles. The zero-order valence-electron chi connectivity index (χ0n) is 51.3. The molecule has 76 heavy (non-hydrogen) atoms. The minimum absolute atomic E-state index is 0.0696. The van der Waals surface area contributed by atoms with Gasteiger partial charge in [-0.25, -0.2) is 0 Å². The third kappa shape index (κ3) is 62.5. The Balaban J connectivity index is 3.97. The SMILES string of the molecule is CCCCCCC/C=C\C/C=C\CCCCCCCCCCCC(=O)OC(COC(=O)CCCCCCCC)COC(=O)CCCCCCCCCCCCCCCCCCCCC/C=C\CCCCCCCCCC. The molecule has 1 atom stereocenters. The molecule has 6 nitrogen and oxygen atoms in total. The van der Waals surface area contributed by atoms with E-state index in [9.17, 15) is 14.4 Å². The molecule has 0 radical (unpaired) electrons. The summed E-state index contributed by atoms with van der Waals surface area (Å²) >= 11 is 0. The third-order valence-electron chi connectivity index (χ3n) is 15.4. The van der Waals surface area contributed by atoms with Gasteiger partial charge < -0.3 is 14.2 Å². The molecule has 446 valence electrons. The summed E-state index contributed by atoms with van der Waals surface area (Å²) in [6, 6.07) is 0. The van der Waals surface area contributed by atoms with Crippen LogP contribution in [0.15, 0.2) is 36.5 Å². The number of hydrogen-bond acceptors (Lipinski definition) is 6. The van der Waals surface area contributed by atoms with Gasteiger partial charge in [-0.15, -0.1) is 0 Å². The largest absolute Gasteiger partial charge is 0.462 e. The van der Waals surface area contributed by atoms with Crippen LogP contribution >= 0.6 is 0 Å². The van der Waals surface area contributed by atoms with Crippen molar-refractivity contribution in [2.75, 3.05) is 13.2 Å². The van der Waals surface area contributed by atoms with Crippen LogP contribution in [0.4, 0.5) is 0 Å². The Morgan fingerprint density at radius 2 is 0.474 bits per heavy atom. The molecule has 0 aliphatic rings. The number of hydrogen-bond donors (Lipinski definition) is 0. The highest BCUT2D eigenvalue weighted by Gasteiger charge is 2.19. The van der Waals surface area contributed by atoms with E-state index in [1.54, 1.807) is 0 Å². The number of allylic oxidation sites excluding steroid dienone is 6. The summed E-state index contributed by atoms with van der Waals surface area (Å²) in [5.41, 5.74) is 0. The number of unbranched alkanes of at least 4 members (excludes halogenated alkanes) is 46. The van der Waals surface area contributed by atoms with Crippen molar-refractivity contribution in [2.24, 2.45) is 0 Å². The molecule has 0 fully saturated rings. The molecule has 0 spiro atoms. The van der Waals surface area contributed by atoms with E-state index in [1.807, 2.05) is 0 Å². The molecule has 0 heterocycles. The van der Waals surface area contributed by atoms with E-state index in [4.69, 9.17) is 14.2 Å². The molecule has 0 N–H and O–H groups in total. The normalized spacial score (nSPS) is 12.2. The van der Waals surface area contributed by atoms with Crippen molar-refractivity contribution in [2.45, 2.75) is 380 Å². The lowest BCUT2D eigenvalue weighted by molar-refractivity contribution is -0.167. The second-order valence-electron chi connectivity index (χ2n) is 23.1. The van der Waals surface area contributed by atoms with Crippen molar-refractivity contribution in [3.8, 4) is 0 Å². The van der Waals surface area contributed by atoms with Crippen LogP contribution in [0.3, 0.4) is 0 Å². The second-order valence-corrected chi connectivity index (χ2v) is 23.1. The molecule has 0 aromatic heterocycles.